The number of nitrogens with zero attached hydrogens (tertiary/aromatic N) is 6. The Bertz CT molecular complexity index is 1270. The molecule has 0 unspecified atom stereocenters. The van der Waals surface area contributed by atoms with E-state index in [1.807, 2.05) is 15.9 Å². The summed E-state index contributed by atoms with van der Waals surface area (Å²) >= 11 is 0. The molecule has 3 fully saturated rings. The number of nitrogens with one attached hydrogen (secondary N) is 1. The molecule has 2 aliphatic heterocycles. The molecule has 1 amide bonds. The molecular formula is C26H31F2N7O2. The second-order valence-corrected chi connectivity index (χ2v) is 9.95. The summed E-state index contributed by atoms with van der Waals surface area (Å²) in [5.74, 6) is 1.38. The van der Waals surface area contributed by atoms with Gasteiger partial charge in [-0.3, -0.25) is 9.36 Å². The van der Waals surface area contributed by atoms with Gasteiger partial charge in [-0.2, -0.15) is 9.97 Å². The Balaban J connectivity index is 1.31. The summed E-state index contributed by atoms with van der Waals surface area (Å²) in [5.41, 5.74) is 1.07. The Morgan fingerprint density at radius 1 is 1.00 bits per heavy atom. The molecule has 3 aliphatic rings. The molecule has 0 atom stereocenters. The topological polar surface area (TPSA) is 88.4 Å². The zero-order chi connectivity index (χ0) is 25.4. The Hall–Kier alpha value is -3.34. The van der Waals surface area contributed by atoms with Gasteiger partial charge in [0.2, 0.25) is 11.9 Å². The summed E-state index contributed by atoms with van der Waals surface area (Å²) in [6.07, 6.45) is 2.57. The monoisotopic (exact) mass is 511 g/mol. The average molecular weight is 512 g/mol. The predicted molar refractivity (Wildman–Crippen MR) is 135 cm³/mol. The zero-order valence-corrected chi connectivity index (χ0v) is 20.7. The van der Waals surface area contributed by atoms with Crippen LogP contribution < -0.4 is 10.2 Å². The van der Waals surface area contributed by atoms with Crippen molar-refractivity contribution >= 4 is 28.7 Å². The third kappa shape index (κ3) is 4.84. The number of morpholine rings is 1. The molecular weight excluding hydrogens is 480 g/mol. The standard InChI is InChI=1S/C26H31F2N7O2/c27-24(28)25-30-19-4-1-2-5-20(19)35(25)22-16-21(31-26(32-22)33-12-14-37-15-13-33)29-17-7-9-18(10-8-17)34-11-3-6-23(34)36/h1-2,4-5,16-18,24H,3,6-15H2,(H,29,31,32)/t17-,18-. The number of hydrogen-bond donors (Lipinski definition) is 1. The smallest absolute Gasteiger partial charge is 0.296 e. The van der Waals surface area contributed by atoms with Gasteiger partial charge < -0.3 is 19.9 Å². The molecule has 11 heteroatoms. The first-order chi connectivity index (χ1) is 18.1. The first-order valence-electron chi connectivity index (χ1n) is 13.1. The van der Waals surface area contributed by atoms with Crippen LogP contribution >= 0.6 is 0 Å². The molecule has 2 aromatic heterocycles. The maximum atomic E-state index is 14.1. The number of likely N-dealkylation sites (tertiary alicyclic amines) is 1. The van der Waals surface area contributed by atoms with Gasteiger partial charge in [0.1, 0.15) is 11.6 Å². The molecule has 3 aromatic rings. The van der Waals surface area contributed by atoms with E-state index >= 15 is 0 Å². The van der Waals surface area contributed by atoms with Crippen molar-refractivity contribution in [1.29, 1.82) is 0 Å². The molecule has 0 bridgehead atoms. The highest BCUT2D eigenvalue weighted by Gasteiger charge is 2.32. The van der Waals surface area contributed by atoms with Crippen molar-refractivity contribution in [1.82, 2.24) is 24.4 Å². The number of carbonyl (C=O) groups excluding carboxylic acids is 1. The summed E-state index contributed by atoms with van der Waals surface area (Å²) in [7, 11) is 0. The minimum Gasteiger partial charge on any atom is -0.378 e. The second kappa shape index (κ2) is 10.2. The lowest BCUT2D eigenvalue weighted by Gasteiger charge is -2.35. The summed E-state index contributed by atoms with van der Waals surface area (Å²) in [6.45, 7) is 3.25. The van der Waals surface area contributed by atoms with Crippen LogP contribution in [0.5, 0.6) is 0 Å². The minimum absolute atomic E-state index is 0.184. The first-order valence-corrected chi connectivity index (χ1v) is 13.1. The Morgan fingerprint density at radius 2 is 1.78 bits per heavy atom. The number of anilines is 2. The lowest BCUT2D eigenvalue weighted by atomic mass is 9.90. The summed E-state index contributed by atoms with van der Waals surface area (Å²) in [5, 5.41) is 3.55. The van der Waals surface area contributed by atoms with Crippen LogP contribution in [-0.4, -0.2) is 75.3 Å². The number of amides is 1. The fourth-order valence-corrected chi connectivity index (χ4v) is 5.74. The van der Waals surface area contributed by atoms with Crippen LogP contribution in [0.25, 0.3) is 16.9 Å². The van der Waals surface area contributed by atoms with Gasteiger partial charge >= 0.3 is 0 Å². The third-order valence-corrected chi connectivity index (χ3v) is 7.61. The number of imidazole rings is 1. The number of halogens is 2. The fourth-order valence-electron chi connectivity index (χ4n) is 5.74. The van der Waals surface area contributed by atoms with Gasteiger partial charge in [-0.15, -0.1) is 0 Å². The van der Waals surface area contributed by atoms with Crippen molar-refractivity contribution in [2.75, 3.05) is 43.1 Å². The lowest BCUT2D eigenvalue weighted by Crippen LogP contribution is -2.41. The van der Waals surface area contributed by atoms with Crippen LogP contribution in [0.1, 0.15) is 50.8 Å². The quantitative estimate of drug-likeness (QED) is 0.536. The van der Waals surface area contributed by atoms with E-state index in [9.17, 15) is 13.6 Å². The summed E-state index contributed by atoms with van der Waals surface area (Å²) < 4.78 is 35.1. The third-order valence-electron chi connectivity index (χ3n) is 7.61. The van der Waals surface area contributed by atoms with E-state index < -0.39 is 6.43 Å². The zero-order valence-electron chi connectivity index (χ0n) is 20.7. The van der Waals surface area contributed by atoms with Gasteiger partial charge in [0.15, 0.2) is 5.82 Å². The number of ether oxygens (including phenoxy) is 1. The number of aromatic nitrogens is 4. The van der Waals surface area contributed by atoms with Crippen molar-refractivity contribution in [3.63, 3.8) is 0 Å². The number of rotatable bonds is 6. The lowest BCUT2D eigenvalue weighted by molar-refractivity contribution is -0.130. The molecule has 2 saturated heterocycles. The van der Waals surface area contributed by atoms with E-state index in [4.69, 9.17) is 14.7 Å². The molecule has 37 heavy (non-hydrogen) atoms. The second-order valence-electron chi connectivity index (χ2n) is 9.95. The summed E-state index contributed by atoms with van der Waals surface area (Å²) in [6, 6.07) is 9.33. The number of carbonyl (C=O) groups is 1. The van der Waals surface area contributed by atoms with Gasteiger partial charge in [0.05, 0.1) is 24.2 Å². The highest BCUT2D eigenvalue weighted by Crippen LogP contribution is 2.31. The van der Waals surface area contributed by atoms with Crippen molar-refractivity contribution < 1.29 is 18.3 Å². The van der Waals surface area contributed by atoms with E-state index in [1.54, 1.807) is 24.3 Å². The van der Waals surface area contributed by atoms with E-state index in [0.717, 1.165) is 38.6 Å². The maximum Gasteiger partial charge on any atom is 0.296 e. The molecule has 4 heterocycles. The Kier molecular flexibility index (Phi) is 6.62. The summed E-state index contributed by atoms with van der Waals surface area (Å²) in [4.78, 5) is 29.9. The molecule has 1 N–H and O–H groups in total. The number of hydrogen-bond acceptors (Lipinski definition) is 7. The van der Waals surface area contributed by atoms with Gasteiger partial charge in [-0.1, -0.05) is 12.1 Å². The van der Waals surface area contributed by atoms with Crippen molar-refractivity contribution in [2.45, 2.75) is 57.0 Å². The van der Waals surface area contributed by atoms with E-state index in [2.05, 4.69) is 10.3 Å². The number of benzene rings is 1. The van der Waals surface area contributed by atoms with Crippen LogP contribution in [0.15, 0.2) is 30.3 Å². The molecule has 9 nitrogen and oxygen atoms in total. The molecule has 1 aromatic carbocycles. The molecule has 0 spiro atoms. The fraction of sp³-hybridized carbons (Fsp3) is 0.538. The molecule has 1 saturated carbocycles. The predicted octanol–water partition coefficient (Wildman–Crippen LogP) is 3.94. The number of alkyl halides is 2. The van der Waals surface area contributed by atoms with Gasteiger partial charge in [-0.25, -0.2) is 13.8 Å². The van der Waals surface area contributed by atoms with Crippen LogP contribution in [-0.2, 0) is 9.53 Å². The molecule has 6 rings (SSSR count). The van der Waals surface area contributed by atoms with Crippen molar-refractivity contribution in [2.24, 2.45) is 0 Å². The maximum absolute atomic E-state index is 14.1. The van der Waals surface area contributed by atoms with E-state index in [1.165, 1.54) is 4.57 Å². The van der Waals surface area contributed by atoms with Crippen molar-refractivity contribution in [3.05, 3.63) is 36.2 Å². The Morgan fingerprint density at radius 3 is 2.51 bits per heavy atom. The van der Waals surface area contributed by atoms with E-state index in [0.29, 0.717) is 67.4 Å². The van der Waals surface area contributed by atoms with Crippen LogP contribution in [0.4, 0.5) is 20.5 Å². The molecule has 196 valence electrons. The average Bonchev–Trinajstić information content (AvgIpc) is 3.53. The largest absolute Gasteiger partial charge is 0.378 e. The van der Waals surface area contributed by atoms with Gasteiger partial charge in [-0.05, 0) is 44.2 Å². The molecule has 1 aliphatic carbocycles. The van der Waals surface area contributed by atoms with Crippen LogP contribution in [0, 0.1) is 0 Å². The minimum atomic E-state index is -2.76. The number of para-hydroxylation sites is 2. The van der Waals surface area contributed by atoms with Crippen LogP contribution in [0.3, 0.4) is 0 Å². The van der Waals surface area contributed by atoms with Crippen molar-refractivity contribution in [3.8, 4) is 5.82 Å². The Labute approximate surface area is 213 Å². The highest BCUT2D eigenvalue weighted by molar-refractivity contribution is 5.79. The SMILES string of the molecule is O=C1CCCN1[C@H]1CC[C@H](Nc2cc(-n3c(C(F)F)nc4ccccc43)nc(N3CCOCC3)n2)CC1. The van der Waals surface area contributed by atoms with E-state index in [-0.39, 0.29) is 17.8 Å². The number of fused-ring (bicyclic) bond motifs is 1. The molecule has 0 radical (unpaired) electrons. The highest BCUT2D eigenvalue weighted by atomic mass is 19.3. The normalized spacial score (nSPS) is 22.8. The van der Waals surface area contributed by atoms with Gasteiger partial charge in [0, 0.05) is 44.2 Å². The van der Waals surface area contributed by atoms with Crippen LogP contribution in [0.2, 0.25) is 0 Å². The first kappa shape index (κ1) is 24.0. The van der Waals surface area contributed by atoms with Gasteiger partial charge in [0.25, 0.3) is 6.43 Å².